The molecule has 0 aromatic heterocycles. The Balaban J connectivity index is 2.12. The van der Waals surface area contributed by atoms with Crippen LogP contribution in [0, 0.1) is 0 Å². The molecule has 2 aromatic rings. The minimum Gasteiger partial charge on any atom is -0.355 e. The summed E-state index contributed by atoms with van der Waals surface area (Å²) in [6.45, 7) is 4.26. The highest BCUT2D eigenvalue weighted by Crippen LogP contribution is 2.29. The Morgan fingerprint density at radius 1 is 1.03 bits per heavy atom. The van der Waals surface area contributed by atoms with Crippen LogP contribution in [-0.4, -0.2) is 35.1 Å². The number of hydrogen-bond donors (Lipinski definition) is 1. The summed E-state index contributed by atoms with van der Waals surface area (Å²) in [5.74, 6) is 0.269. The van der Waals surface area contributed by atoms with Crippen LogP contribution in [0.1, 0.15) is 25.0 Å². The fourth-order valence-corrected chi connectivity index (χ4v) is 4.70. The number of halogens is 4. The predicted molar refractivity (Wildman–Crippen MR) is 128 cm³/mol. The summed E-state index contributed by atoms with van der Waals surface area (Å²) in [7, 11) is 0. The van der Waals surface area contributed by atoms with Crippen LogP contribution in [0.5, 0.6) is 0 Å². The summed E-state index contributed by atoms with van der Waals surface area (Å²) in [6, 6.07) is 9.82. The molecule has 9 heteroatoms. The molecule has 0 saturated heterocycles. The highest BCUT2D eigenvalue weighted by Gasteiger charge is 2.26. The lowest BCUT2D eigenvalue weighted by Crippen LogP contribution is -2.48. The van der Waals surface area contributed by atoms with Crippen molar-refractivity contribution in [1.82, 2.24) is 10.2 Å². The number of nitrogens with one attached hydrogen (secondary N) is 1. The third-order valence-corrected chi connectivity index (χ3v) is 6.78. The van der Waals surface area contributed by atoms with Gasteiger partial charge in [0.05, 0.1) is 15.8 Å². The van der Waals surface area contributed by atoms with Gasteiger partial charge in [0.1, 0.15) is 6.04 Å². The van der Waals surface area contributed by atoms with Crippen molar-refractivity contribution < 1.29 is 9.59 Å². The Morgan fingerprint density at radius 2 is 1.70 bits per heavy atom. The van der Waals surface area contributed by atoms with Gasteiger partial charge in [0.15, 0.2) is 0 Å². The molecule has 0 aliphatic carbocycles. The third-order valence-electron chi connectivity index (χ3n) is 4.39. The zero-order valence-corrected chi connectivity index (χ0v) is 20.4. The number of thioether (sulfide) groups is 1. The zero-order chi connectivity index (χ0) is 22.3. The van der Waals surface area contributed by atoms with Crippen molar-refractivity contribution in [3.8, 4) is 0 Å². The van der Waals surface area contributed by atoms with Gasteiger partial charge in [-0.1, -0.05) is 58.5 Å². The van der Waals surface area contributed by atoms with Gasteiger partial charge in [-0.15, -0.1) is 11.8 Å². The Kier molecular flexibility index (Phi) is 10.1. The van der Waals surface area contributed by atoms with Crippen molar-refractivity contribution in [3.63, 3.8) is 0 Å². The van der Waals surface area contributed by atoms with E-state index < -0.39 is 6.04 Å². The van der Waals surface area contributed by atoms with E-state index in [9.17, 15) is 9.59 Å². The highest BCUT2D eigenvalue weighted by atomic mass is 35.5. The van der Waals surface area contributed by atoms with Gasteiger partial charge < -0.3 is 10.2 Å². The molecule has 4 nitrogen and oxygen atoms in total. The molecule has 1 N–H and O–H groups in total. The number of rotatable bonds is 9. The molecule has 2 amide bonds. The quantitative estimate of drug-likeness (QED) is 0.447. The van der Waals surface area contributed by atoms with Crippen LogP contribution in [0.2, 0.25) is 20.1 Å². The first-order valence-corrected chi connectivity index (χ1v) is 11.9. The molecular formula is C21H22Cl4N2O2S. The van der Waals surface area contributed by atoms with Crippen LogP contribution in [0.3, 0.4) is 0 Å². The van der Waals surface area contributed by atoms with Crippen molar-refractivity contribution in [3.05, 3.63) is 67.6 Å². The van der Waals surface area contributed by atoms with Crippen LogP contribution >= 0.6 is 58.2 Å². The lowest BCUT2D eigenvalue weighted by atomic mass is 10.1. The summed E-state index contributed by atoms with van der Waals surface area (Å²) in [5.41, 5.74) is 1.57. The summed E-state index contributed by atoms with van der Waals surface area (Å²) >= 11 is 25.9. The van der Waals surface area contributed by atoms with Gasteiger partial charge in [-0.3, -0.25) is 9.59 Å². The van der Waals surface area contributed by atoms with Gasteiger partial charge in [0.25, 0.3) is 0 Å². The van der Waals surface area contributed by atoms with E-state index in [2.05, 4.69) is 5.32 Å². The van der Waals surface area contributed by atoms with Gasteiger partial charge >= 0.3 is 0 Å². The van der Waals surface area contributed by atoms with Gasteiger partial charge in [0.2, 0.25) is 11.8 Å². The molecule has 0 unspecified atom stereocenters. The van der Waals surface area contributed by atoms with E-state index in [1.807, 2.05) is 6.92 Å². The van der Waals surface area contributed by atoms with E-state index in [1.165, 1.54) is 16.7 Å². The Hall–Kier alpha value is -1.11. The Morgan fingerprint density at radius 3 is 2.30 bits per heavy atom. The van der Waals surface area contributed by atoms with Crippen LogP contribution in [0.25, 0.3) is 0 Å². The molecule has 0 spiro atoms. The van der Waals surface area contributed by atoms with E-state index in [0.717, 1.165) is 11.1 Å². The van der Waals surface area contributed by atoms with Crippen molar-refractivity contribution in [2.24, 2.45) is 0 Å². The standard InChI is InChI=1S/C21H22Cl4N2O2S/c1-3-26-21(29)13(2)27(10-14-7-8-18(24)19(25)9-14)20(28)12-30-11-15-16(22)5-4-6-17(15)23/h4-9,13H,3,10-12H2,1-2H3,(H,26,29)/t13-/m0/s1. The van der Waals surface area contributed by atoms with Gasteiger partial charge in [-0.05, 0) is 49.2 Å². The molecule has 2 aromatic carbocycles. The van der Waals surface area contributed by atoms with E-state index in [4.69, 9.17) is 46.4 Å². The van der Waals surface area contributed by atoms with Crippen molar-refractivity contribution in [1.29, 1.82) is 0 Å². The number of carbonyl (C=O) groups excluding carboxylic acids is 2. The predicted octanol–water partition coefficient (Wildman–Crippen LogP) is 6.09. The fourth-order valence-electron chi connectivity index (χ4n) is 2.73. The molecule has 0 fully saturated rings. The first-order valence-electron chi connectivity index (χ1n) is 9.26. The molecule has 2 rings (SSSR count). The molecular weight excluding hydrogens is 486 g/mol. The molecule has 30 heavy (non-hydrogen) atoms. The second kappa shape index (κ2) is 12.1. The topological polar surface area (TPSA) is 49.4 Å². The summed E-state index contributed by atoms with van der Waals surface area (Å²) in [6.07, 6.45) is 0. The number of nitrogens with zero attached hydrogens (tertiary/aromatic N) is 1. The van der Waals surface area contributed by atoms with Crippen LogP contribution in [-0.2, 0) is 21.9 Å². The number of hydrogen-bond acceptors (Lipinski definition) is 3. The molecule has 0 bridgehead atoms. The SMILES string of the molecule is CCNC(=O)[C@H](C)N(Cc1ccc(Cl)c(Cl)c1)C(=O)CSCc1c(Cl)cccc1Cl. The molecule has 0 saturated carbocycles. The normalized spacial score (nSPS) is 11.8. The van der Waals surface area contributed by atoms with Gasteiger partial charge in [-0.2, -0.15) is 0 Å². The van der Waals surface area contributed by atoms with Crippen molar-refractivity contribution in [2.45, 2.75) is 32.2 Å². The van der Waals surface area contributed by atoms with E-state index in [1.54, 1.807) is 43.3 Å². The summed E-state index contributed by atoms with van der Waals surface area (Å²) < 4.78 is 0. The number of benzene rings is 2. The average Bonchev–Trinajstić information content (AvgIpc) is 2.70. The lowest BCUT2D eigenvalue weighted by Gasteiger charge is -2.28. The first-order chi connectivity index (χ1) is 14.2. The van der Waals surface area contributed by atoms with Crippen LogP contribution < -0.4 is 5.32 Å². The smallest absolute Gasteiger partial charge is 0.242 e. The number of amides is 2. The second-order valence-corrected chi connectivity index (χ2v) is 9.15. The molecule has 1 atom stereocenters. The van der Waals surface area contributed by atoms with Gasteiger partial charge in [0, 0.05) is 28.9 Å². The minimum atomic E-state index is -0.642. The number of carbonyl (C=O) groups is 2. The summed E-state index contributed by atoms with van der Waals surface area (Å²) in [4.78, 5) is 26.9. The molecule has 0 aliphatic rings. The lowest BCUT2D eigenvalue weighted by molar-refractivity contribution is -0.138. The third kappa shape index (κ3) is 6.96. The molecule has 162 valence electrons. The highest BCUT2D eigenvalue weighted by molar-refractivity contribution is 7.99. The minimum absolute atomic E-state index is 0.173. The maximum absolute atomic E-state index is 13.0. The molecule has 0 radical (unpaired) electrons. The van der Waals surface area contributed by atoms with Gasteiger partial charge in [-0.25, -0.2) is 0 Å². The first kappa shape index (κ1) is 25.2. The monoisotopic (exact) mass is 506 g/mol. The maximum Gasteiger partial charge on any atom is 0.242 e. The largest absolute Gasteiger partial charge is 0.355 e. The number of likely N-dealkylation sites (N-methyl/N-ethyl adjacent to an activating group) is 1. The Labute approximate surface area is 201 Å². The van der Waals surface area contributed by atoms with E-state index in [0.29, 0.717) is 32.4 Å². The zero-order valence-electron chi connectivity index (χ0n) is 16.6. The van der Waals surface area contributed by atoms with Crippen LogP contribution in [0.4, 0.5) is 0 Å². The van der Waals surface area contributed by atoms with Crippen molar-refractivity contribution in [2.75, 3.05) is 12.3 Å². The second-order valence-electron chi connectivity index (χ2n) is 6.53. The Bertz CT molecular complexity index is 890. The molecule has 0 aliphatic heterocycles. The van der Waals surface area contributed by atoms with Crippen molar-refractivity contribution >= 4 is 70.0 Å². The fraction of sp³-hybridized carbons (Fsp3) is 0.333. The molecule has 0 heterocycles. The average molecular weight is 508 g/mol. The summed E-state index contributed by atoms with van der Waals surface area (Å²) in [5, 5.41) is 4.71. The van der Waals surface area contributed by atoms with Crippen LogP contribution in [0.15, 0.2) is 36.4 Å². The van der Waals surface area contributed by atoms with E-state index in [-0.39, 0.29) is 24.1 Å². The van der Waals surface area contributed by atoms with E-state index >= 15 is 0 Å². The maximum atomic E-state index is 13.0.